The summed E-state index contributed by atoms with van der Waals surface area (Å²) in [6.45, 7) is 4.56. The molecule has 0 saturated carbocycles. The van der Waals surface area contributed by atoms with Gasteiger partial charge in [0.05, 0.1) is 0 Å². The predicted octanol–water partition coefficient (Wildman–Crippen LogP) is 0.990. The Hall–Kier alpha value is 0.180. The van der Waals surface area contributed by atoms with Gasteiger partial charge in [0.15, 0.2) is 0 Å². The summed E-state index contributed by atoms with van der Waals surface area (Å²) < 4.78 is 27.7. The van der Waals surface area contributed by atoms with Gasteiger partial charge in [-0.1, -0.05) is 6.92 Å². The van der Waals surface area contributed by atoms with Gasteiger partial charge < -0.3 is 5.32 Å². The summed E-state index contributed by atoms with van der Waals surface area (Å²) in [6.07, 6.45) is 2.92. The molecule has 0 aromatic carbocycles. The van der Waals surface area contributed by atoms with Crippen molar-refractivity contribution in [1.82, 2.24) is 13.9 Å². The molecule has 19 heavy (non-hydrogen) atoms. The van der Waals surface area contributed by atoms with Gasteiger partial charge in [0.1, 0.15) is 0 Å². The molecular formula is C12H27N3O2S2. The van der Waals surface area contributed by atoms with Crippen LogP contribution in [0.25, 0.3) is 0 Å². The van der Waals surface area contributed by atoms with Gasteiger partial charge >= 0.3 is 0 Å². The molecule has 0 aliphatic carbocycles. The average molecular weight is 310 g/mol. The van der Waals surface area contributed by atoms with Crippen LogP contribution in [0.1, 0.15) is 26.2 Å². The fourth-order valence-corrected chi connectivity index (χ4v) is 4.78. The summed E-state index contributed by atoms with van der Waals surface area (Å²) in [7, 11) is 0.0908. The molecule has 0 radical (unpaired) electrons. The molecule has 5 nitrogen and oxygen atoms in total. The second kappa shape index (κ2) is 8.46. The summed E-state index contributed by atoms with van der Waals surface area (Å²) in [5.74, 6) is 1.98. The van der Waals surface area contributed by atoms with Crippen LogP contribution in [-0.2, 0) is 10.2 Å². The monoisotopic (exact) mass is 309 g/mol. The van der Waals surface area contributed by atoms with Crippen LogP contribution in [0, 0.1) is 0 Å². The molecule has 1 atom stereocenters. The first kappa shape index (κ1) is 17.2. The van der Waals surface area contributed by atoms with Crippen molar-refractivity contribution >= 4 is 22.0 Å². The Kier molecular flexibility index (Phi) is 7.68. The van der Waals surface area contributed by atoms with Crippen molar-refractivity contribution in [2.45, 2.75) is 32.2 Å². The summed E-state index contributed by atoms with van der Waals surface area (Å²) in [4.78, 5) is 0. The third kappa shape index (κ3) is 5.23. The molecule has 0 aromatic heterocycles. The van der Waals surface area contributed by atoms with Gasteiger partial charge in [-0.3, -0.25) is 0 Å². The standard InChI is InChI=1S/C12H27N3O2S2/c1-4-7-13-8-5-9-14(2)19(16,17)15(3)12-6-10-18-11-12/h12-13H,4-11H2,1-3H3. The molecule has 1 heterocycles. The average Bonchev–Trinajstić information content (AvgIpc) is 2.91. The van der Waals surface area contributed by atoms with E-state index in [0.717, 1.165) is 43.9 Å². The van der Waals surface area contributed by atoms with Gasteiger partial charge in [-0.25, -0.2) is 0 Å². The predicted molar refractivity (Wildman–Crippen MR) is 82.8 cm³/mol. The van der Waals surface area contributed by atoms with Crippen LogP contribution in [0.2, 0.25) is 0 Å². The summed E-state index contributed by atoms with van der Waals surface area (Å²) in [5.41, 5.74) is 0. The third-order valence-electron chi connectivity index (χ3n) is 3.43. The molecule has 1 saturated heterocycles. The smallest absolute Gasteiger partial charge is 0.281 e. The Balaban J connectivity index is 2.37. The second-order valence-corrected chi connectivity index (χ2v) is 8.21. The maximum atomic E-state index is 12.4. The molecule has 0 bridgehead atoms. The normalized spacial score (nSPS) is 20.6. The van der Waals surface area contributed by atoms with Crippen molar-refractivity contribution in [3.05, 3.63) is 0 Å². The quantitative estimate of drug-likeness (QED) is 0.645. The zero-order chi connectivity index (χ0) is 14.3. The van der Waals surface area contributed by atoms with Crippen molar-refractivity contribution in [2.24, 2.45) is 0 Å². The fourth-order valence-electron chi connectivity index (χ4n) is 2.06. The first-order valence-corrected chi connectivity index (χ1v) is 9.53. The van der Waals surface area contributed by atoms with Gasteiger partial charge in [-0.05, 0) is 38.1 Å². The maximum Gasteiger partial charge on any atom is 0.281 e. The zero-order valence-electron chi connectivity index (χ0n) is 12.3. The van der Waals surface area contributed by atoms with Gasteiger partial charge in [-0.15, -0.1) is 0 Å². The highest BCUT2D eigenvalue weighted by atomic mass is 32.2. The van der Waals surface area contributed by atoms with E-state index >= 15 is 0 Å². The largest absolute Gasteiger partial charge is 0.317 e. The number of nitrogens with zero attached hydrogens (tertiary/aromatic N) is 2. The molecular weight excluding hydrogens is 282 g/mol. The van der Waals surface area contributed by atoms with Crippen molar-refractivity contribution < 1.29 is 8.42 Å². The Bertz CT molecular complexity index is 343. The lowest BCUT2D eigenvalue weighted by Crippen LogP contribution is -2.45. The highest BCUT2D eigenvalue weighted by Crippen LogP contribution is 2.24. The van der Waals surface area contributed by atoms with E-state index in [0.29, 0.717) is 6.54 Å². The van der Waals surface area contributed by atoms with Crippen LogP contribution in [-0.4, -0.2) is 68.3 Å². The van der Waals surface area contributed by atoms with E-state index in [9.17, 15) is 8.42 Å². The molecule has 0 spiro atoms. The minimum absolute atomic E-state index is 0.163. The molecule has 1 fully saturated rings. The lowest BCUT2D eigenvalue weighted by molar-refractivity contribution is 0.345. The van der Waals surface area contributed by atoms with Crippen molar-refractivity contribution in [3.8, 4) is 0 Å². The number of nitrogens with one attached hydrogen (secondary N) is 1. The van der Waals surface area contributed by atoms with E-state index in [1.165, 1.54) is 4.31 Å². The minimum atomic E-state index is -3.29. The first-order chi connectivity index (χ1) is 9.00. The van der Waals surface area contributed by atoms with Crippen LogP contribution < -0.4 is 5.32 Å². The lowest BCUT2D eigenvalue weighted by atomic mass is 10.3. The summed E-state index contributed by atoms with van der Waals surface area (Å²) >= 11 is 1.83. The van der Waals surface area contributed by atoms with Crippen LogP contribution in [0.5, 0.6) is 0 Å². The van der Waals surface area contributed by atoms with E-state index in [-0.39, 0.29) is 6.04 Å². The van der Waals surface area contributed by atoms with Crippen LogP contribution in [0.4, 0.5) is 0 Å². The molecule has 0 amide bonds. The Morgan fingerprint density at radius 2 is 2.05 bits per heavy atom. The third-order valence-corrected chi connectivity index (χ3v) is 6.57. The number of rotatable bonds is 9. The van der Waals surface area contributed by atoms with Crippen molar-refractivity contribution in [2.75, 3.05) is 45.2 Å². The van der Waals surface area contributed by atoms with E-state index in [4.69, 9.17) is 0 Å². The first-order valence-electron chi connectivity index (χ1n) is 6.98. The molecule has 7 heteroatoms. The lowest BCUT2D eigenvalue weighted by Gasteiger charge is -2.28. The molecule has 1 aliphatic heterocycles. The van der Waals surface area contributed by atoms with Crippen LogP contribution in [0.15, 0.2) is 0 Å². The highest BCUT2D eigenvalue weighted by molar-refractivity contribution is 7.99. The minimum Gasteiger partial charge on any atom is -0.317 e. The van der Waals surface area contributed by atoms with Crippen LogP contribution >= 0.6 is 11.8 Å². The zero-order valence-corrected chi connectivity index (χ0v) is 13.9. The van der Waals surface area contributed by atoms with Gasteiger partial charge in [0.2, 0.25) is 0 Å². The van der Waals surface area contributed by atoms with E-state index in [1.54, 1.807) is 18.4 Å². The SMILES string of the molecule is CCCNCCCN(C)S(=O)(=O)N(C)C1CCSC1. The second-order valence-electron chi connectivity index (χ2n) is 4.97. The maximum absolute atomic E-state index is 12.4. The Labute approximate surface area is 122 Å². The molecule has 1 N–H and O–H groups in total. The van der Waals surface area contributed by atoms with Gasteiger partial charge in [-0.2, -0.15) is 28.8 Å². The fraction of sp³-hybridized carbons (Fsp3) is 1.00. The number of hydrogen-bond acceptors (Lipinski definition) is 4. The van der Waals surface area contributed by atoms with E-state index in [2.05, 4.69) is 12.2 Å². The van der Waals surface area contributed by atoms with Gasteiger partial charge in [0, 0.05) is 32.4 Å². The van der Waals surface area contributed by atoms with Crippen molar-refractivity contribution in [1.29, 1.82) is 0 Å². The topological polar surface area (TPSA) is 52.7 Å². The molecule has 0 aromatic rings. The molecule has 114 valence electrons. The van der Waals surface area contributed by atoms with Crippen molar-refractivity contribution in [3.63, 3.8) is 0 Å². The highest BCUT2D eigenvalue weighted by Gasteiger charge is 2.31. The number of hydrogen-bond donors (Lipinski definition) is 1. The van der Waals surface area contributed by atoms with Gasteiger partial charge in [0.25, 0.3) is 10.2 Å². The Morgan fingerprint density at radius 3 is 2.63 bits per heavy atom. The number of thioether (sulfide) groups is 1. The van der Waals surface area contributed by atoms with E-state index < -0.39 is 10.2 Å². The van der Waals surface area contributed by atoms with E-state index in [1.807, 2.05) is 11.8 Å². The Morgan fingerprint density at radius 1 is 1.32 bits per heavy atom. The van der Waals surface area contributed by atoms with Crippen LogP contribution in [0.3, 0.4) is 0 Å². The molecule has 1 aliphatic rings. The molecule has 1 rings (SSSR count). The summed E-state index contributed by atoms with van der Waals surface area (Å²) in [5, 5.41) is 3.29. The molecule has 1 unspecified atom stereocenters. The summed E-state index contributed by atoms with van der Waals surface area (Å²) in [6, 6.07) is 0.163.